The van der Waals surface area contributed by atoms with E-state index in [2.05, 4.69) is 55.5 Å². The summed E-state index contributed by atoms with van der Waals surface area (Å²) < 4.78 is 3.05. The number of hydrogen-bond acceptors (Lipinski definition) is 0. The minimum atomic E-state index is -0.0155. The molecule has 0 atom stereocenters. The van der Waals surface area contributed by atoms with Crippen molar-refractivity contribution in [3.63, 3.8) is 0 Å². The van der Waals surface area contributed by atoms with E-state index in [1.165, 1.54) is 44.8 Å². The molecule has 0 unspecified atom stereocenters. The topological polar surface area (TPSA) is 0 Å². The fourth-order valence-corrected chi connectivity index (χ4v) is 5.11. The van der Waals surface area contributed by atoms with Crippen molar-refractivity contribution in [2.75, 3.05) is 0 Å². The van der Waals surface area contributed by atoms with Crippen LogP contribution in [0.15, 0.2) is 48.5 Å². The predicted octanol–water partition coefficient (Wildman–Crippen LogP) is 2.17. The molecule has 0 amide bonds. The monoisotopic (exact) mass is 377 g/mol. The molecule has 0 spiro atoms. The summed E-state index contributed by atoms with van der Waals surface area (Å²) in [6.45, 7) is 2.15. The summed E-state index contributed by atoms with van der Waals surface area (Å²) in [7, 11) is 0. The second-order valence-corrected chi connectivity index (χ2v) is 8.81. The van der Waals surface area contributed by atoms with Gasteiger partial charge in [-0.2, -0.15) is 0 Å². The Morgan fingerprint density at radius 1 is 0.750 bits per heavy atom. The van der Waals surface area contributed by atoms with Gasteiger partial charge in [0.25, 0.3) is 0 Å². The first-order valence-corrected chi connectivity index (χ1v) is 9.78. The first-order valence-electron chi connectivity index (χ1n) is 7.63. The molecule has 0 nitrogen and oxygen atoms in total. The zero-order valence-corrected chi connectivity index (χ0v) is 14.3. The van der Waals surface area contributed by atoms with Crippen LogP contribution < -0.4 is 21.2 Å². The van der Waals surface area contributed by atoms with Crippen LogP contribution in [-0.2, 0) is 0 Å². The Balaban J connectivity index is 1.67. The summed E-state index contributed by atoms with van der Waals surface area (Å²) in [5.41, 5.74) is 2.92. The van der Waals surface area contributed by atoms with E-state index in [1.807, 2.05) is 0 Å². The zero-order valence-electron chi connectivity index (χ0n) is 12.1. The molecule has 0 saturated heterocycles. The summed E-state index contributed by atoms with van der Waals surface area (Å²) in [4.78, 5) is 0. The van der Waals surface area contributed by atoms with Gasteiger partial charge in [0.1, 0.15) is 0 Å². The van der Waals surface area contributed by atoms with Gasteiger partial charge in [-0.15, -0.1) is 0 Å². The third kappa shape index (κ3) is 3.63. The average Bonchev–Trinajstić information content (AvgIpc) is 2.51. The van der Waals surface area contributed by atoms with E-state index in [4.69, 9.17) is 0 Å². The summed E-state index contributed by atoms with van der Waals surface area (Å²) in [6, 6.07) is 18.6. The first kappa shape index (κ1) is 14.1. The van der Waals surface area contributed by atoms with Crippen LogP contribution in [0.3, 0.4) is 0 Å². The zero-order chi connectivity index (χ0) is 13.8. The molecule has 1 fully saturated rings. The van der Waals surface area contributed by atoms with Crippen molar-refractivity contribution in [1.29, 1.82) is 0 Å². The minimum absolute atomic E-state index is 0.0155. The molecule has 0 aliphatic heterocycles. The van der Waals surface area contributed by atoms with Gasteiger partial charge in [0.05, 0.1) is 0 Å². The Hall–Kier alpha value is -0.830. The van der Waals surface area contributed by atoms with Gasteiger partial charge in [0.2, 0.25) is 0 Å². The molecule has 3 rings (SSSR count). The van der Waals surface area contributed by atoms with Crippen LogP contribution in [0.5, 0.6) is 0 Å². The van der Waals surface area contributed by atoms with Crippen molar-refractivity contribution in [3.05, 3.63) is 66.8 Å². The Morgan fingerprint density at radius 2 is 1.30 bits per heavy atom. The van der Waals surface area contributed by atoms with Crippen molar-refractivity contribution in [2.45, 2.75) is 44.9 Å². The molecule has 0 N–H and O–H groups in total. The van der Waals surface area contributed by atoms with Crippen LogP contribution in [-0.4, -0.2) is 0 Å². The number of halogens is 1. The molecule has 0 radical (unpaired) electrons. The molecule has 2 aromatic carbocycles. The molecule has 0 aromatic heterocycles. The molecule has 1 aliphatic carbocycles. The molecule has 0 bridgehead atoms. The van der Waals surface area contributed by atoms with E-state index in [1.54, 1.807) is 5.56 Å². The summed E-state index contributed by atoms with van der Waals surface area (Å²) in [5, 5.41) is 0. The van der Waals surface area contributed by atoms with Gasteiger partial charge < -0.3 is 0 Å². The van der Waals surface area contributed by atoms with E-state index < -0.39 is 0 Å². The van der Waals surface area contributed by atoms with Crippen LogP contribution in [0.25, 0.3) is 0 Å². The molecule has 20 heavy (non-hydrogen) atoms. The van der Waals surface area contributed by atoms with Crippen LogP contribution in [0.2, 0.25) is 0 Å². The molecule has 106 valence electrons. The summed E-state index contributed by atoms with van der Waals surface area (Å²) >= 11 is -0.0155. The van der Waals surface area contributed by atoms with E-state index in [0.717, 1.165) is 5.92 Å². The number of rotatable bonds is 3. The predicted molar refractivity (Wildman–Crippen MR) is 80.8 cm³/mol. The normalized spacial score (nSPS) is 16.4. The maximum absolute atomic E-state index is 2.39. The number of hydrogen-bond donors (Lipinski definition) is 0. The van der Waals surface area contributed by atoms with Gasteiger partial charge in [-0.3, -0.25) is 0 Å². The van der Waals surface area contributed by atoms with Crippen molar-refractivity contribution in [2.24, 2.45) is 0 Å². The van der Waals surface area contributed by atoms with Crippen LogP contribution in [0, 0.1) is 14.1 Å². The van der Waals surface area contributed by atoms with Gasteiger partial charge in [-0.05, 0) is 0 Å². The Labute approximate surface area is 132 Å². The van der Waals surface area contributed by atoms with Crippen LogP contribution in [0.1, 0.15) is 49.1 Å². The van der Waals surface area contributed by atoms with E-state index in [0.29, 0.717) is 0 Å². The van der Waals surface area contributed by atoms with Crippen molar-refractivity contribution < 1.29 is 21.2 Å². The Morgan fingerprint density at radius 3 is 1.90 bits per heavy atom. The maximum atomic E-state index is 2.39. The van der Waals surface area contributed by atoms with Gasteiger partial charge >= 0.3 is 133 Å². The summed E-state index contributed by atoms with van der Waals surface area (Å²) in [6.07, 6.45) is 7.07. The molecule has 2 aromatic rings. The third-order valence-electron chi connectivity index (χ3n) is 4.18. The van der Waals surface area contributed by atoms with E-state index >= 15 is 0 Å². The molecule has 0 heterocycles. The Kier molecular flexibility index (Phi) is 4.77. The Bertz CT molecular complexity index is 533. The third-order valence-corrected chi connectivity index (χ3v) is 6.86. The fourth-order valence-electron chi connectivity index (χ4n) is 2.96. The van der Waals surface area contributed by atoms with E-state index in [-0.39, 0.29) is 21.2 Å². The average molecular weight is 377 g/mol. The van der Waals surface area contributed by atoms with Gasteiger partial charge in [-0.25, -0.2) is 0 Å². The molecule has 1 saturated carbocycles. The summed E-state index contributed by atoms with van der Waals surface area (Å²) in [5.74, 6) is 0.829. The molecular weight excluding hydrogens is 355 g/mol. The van der Waals surface area contributed by atoms with E-state index in [9.17, 15) is 0 Å². The van der Waals surface area contributed by atoms with Crippen molar-refractivity contribution in [1.82, 2.24) is 0 Å². The van der Waals surface area contributed by atoms with Crippen LogP contribution in [0.4, 0.5) is 0 Å². The number of benzene rings is 2. The second kappa shape index (κ2) is 6.75. The SMILES string of the molecule is Cc1ccc([I-]c2ccc(C3CCCCC3)cc2)cc1. The number of aryl methyl sites for hydroxylation is 1. The standard InChI is InChI=1S/C19H22I/c1-15-7-11-18(12-8-15)20-19-13-9-17(10-14-19)16-5-3-2-4-6-16/h7-14,16H,2-6H2,1H3/q-1. The molecule has 1 heteroatoms. The molecule has 1 aliphatic rings. The van der Waals surface area contributed by atoms with Crippen molar-refractivity contribution >= 4 is 0 Å². The molecular formula is C19H22I-. The van der Waals surface area contributed by atoms with Crippen LogP contribution >= 0.6 is 0 Å². The van der Waals surface area contributed by atoms with Crippen molar-refractivity contribution in [3.8, 4) is 0 Å². The quantitative estimate of drug-likeness (QED) is 0.720. The fraction of sp³-hybridized carbons (Fsp3) is 0.368. The first-order chi connectivity index (χ1) is 9.81. The van der Waals surface area contributed by atoms with Gasteiger partial charge in [0, 0.05) is 0 Å². The second-order valence-electron chi connectivity index (χ2n) is 5.78. The van der Waals surface area contributed by atoms with Gasteiger partial charge in [0.15, 0.2) is 0 Å². The van der Waals surface area contributed by atoms with Gasteiger partial charge in [-0.1, -0.05) is 0 Å².